The summed E-state index contributed by atoms with van der Waals surface area (Å²) in [5.41, 5.74) is 6.40. The molecule has 0 atom stereocenters. The van der Waals surface area contributed by atoms with Crippen LogP contribution in [0.4, 0.5) is 14.6 Å². The summed E-state index contributed by atoms with van der Waals surface area (Å²) >= 11 is 0. The Labute approximate surface area is 85.1 Å². The SMILES string of the molecule is Cn1ncc(-c2ccc(F)cc2F)c1N. The van der Waals surface area contributed by atoms with Crippen LogP contribution in [0.1, 0.15) is 0 Å². The second-order valence-corrected chi connectivity index (χ2v) is 3.19. The first kappa shape index (κ1) is 9.64. The summed E-state index contributed by atoms with van der Waals surface area (Å²) < 4.78 is 27.5. The van der Waals surface area contributed by atoms with E-state index in [1.165, 1.54) is 23.0 Å². The number of hydrogen-bond donors (Lipinski definition) is 1. The second kappa shape index (κ2) is 3.34. The Morgan fingerprint density at radius 3 is 2.53 bits per heavy atom. The molecule has 0 saturated carbocycles. The summed E-state index contributed by atoms with van der Waals surface area (Å²) in [5, 5.41) is 3.89. The normalized spacial score (nSPS) is 10.6. The fraction of sp³-hybridized carbons (Fsp3) is 0.100. The van der Waals surface area contributed by atoms with Gasteiger partial charge in [-0.2, -0.15) is 5.10 Å². The number of nitrogens with zero attached hydrogens (tertiary/aromatic N) is 2. The Hall–Kier alpha value is -1.91. The fourth-order valence-electron chi connectivity index (χ4n) is 1.36. The lowest BCUT2D eigenvalue weighted by Gasteiger charge is -2.02. The summed E-state index contributed by atoms with van der Waals surface area (Å²) in [6, 6.07) is 3.35. The monoisotopic (exact) mass is 209 g/mol. The van der Waals surface area contributed by atoms with Crippen LogP contribution in [0.2, 0.25) is 0 Å². The summed E-state index contributed by atoms with van der Waals surface area (Å²) in [5.74, 6) is -0.908. The minimum atomic E-state index is -0.644. The van der Waals surface area contributed by atoms with Gasteiger partial charge in [0.2, 0.25) is 0 Å². The van der Waals surface area contributed by atoms with Crippen molar-refractivity contribution in [2.75, 3.05) is 5.73 Å². The van der Waals surface area contributed by atoms with E-state index in [2.05, 4.69) is 5.10 Å². The van der Waals surface area contributed by atoms with Crippen LogP contribution < -0.4 is 5.73 Å². The number of rotatable bonds is 1. The average molecular weight is 209 g/mol. The van der Waals surface area contributed by atoms with Crippen molar-refractivity contribution in [3.8, 4) is 11.1 Å². The van der Waals surface area contributed by atoms with Crippen LogP contribution in [0, 0.1) is 11.6 Å². The lowest BCUT2D eigenvalue weighted by atomic mass is 10.1. The predicted molar refractivity (Wildman–Crippen MR) is 53.0 cm³/mol. The molecule has 0 aliphatic heterocycles. The molecule has 2 N–H and O–H groups in total. The van der Waals surface area contributed by atoms with E-state index in [0.717, 1.165) is 6.07 Å². The third-order valence-corrected chi connectivity index (χ3v) is 2.21. The summed E-state index contributed by atoms with van der Waals surface area (Å²) in [6.45, 7) is 0. The van der Waals surface area contributed by atoms with Crippen LogP contribution in [0.3, 0.4) is 0 Å². The highest BCUT2D eigenvalue weighted by Crippen LogP contribution is 2.27. The van der Waals surface area contributed by atoms with Crippen molar-refractivity contribution in [2.45, 2.75) is 0 Å². The summed E-state index contributed by atoms with van der Waals surface area (Å²) in [4.78, 5) is 0. The Bertz CT molecular complexity index is 505. The molecule has 15 heavy (non-hydrogen) atoms. The number of aryl methyl sites for hydroxylation is 1. The zero-order valence-electron chi connectivity index (χ0n) is 8.04. The van der Waals surface area contributed by atoms with Crippen molar-refractivity contribution >= 4 is 5.82 Å². The number of aromatic nitrogens is 2. The van der Waals surface area contributed by atoms with E-state index in [0.29, 0.717) is 11.4 Å². The van der Waals surface area contributed by atoms with Gasteiger partial charge in [-0.1, -0.05) is 0 Å². The molecule has 5 heteroatoms. The highest BCUT2D eigenvalue weighted by molar-refractivity contribution is 5.73. The minimum Gasteiger partial charge on any atom is -0.383 e. The predicted octanol–water partition coefficient (Wildman–Crippen LogP) is 1.95. The molecule has 0 bridgehead atoms. The number of benzene rings is 1. The van der Waals surface area contributed by atoms with Gasteiger partial charge in [-0.15, -0.1) is 0 Å². The average Bonchev–Trinajstić information content (AvgIpc) is 2.49. The van der Waals surface area contributed by atoms with E-state index < -0.39 is 11.6 Å². The van der Waals surface area contributed by atoms with E-state index in [1.54, 1.807) is 7.05 Å². The molecular formula is C10H9F2N3. The Balaban J connectivity index is 2.59. The Morgan fingerprint density at radius 2 is 2.00 bits per heavy atom. The number of anilines is 1. The Kier molecular flexibility index (Phi) is 2.15. The Morgan fingerprint density at radius 1 is 1.27 bits per heavy atom. The number of hydrogen-bond acceptors (Lipinski definition) is 2. The molecule has 0 aliphatic rings. The molecule has 1 heterocycles. The van der Waals surface area contributed by atoms with Gasteiger partial charge in [-0.05, 0) is 12.1 Å². The topological polar surface area (TPSA) is 43.8 Å². The molecular weight excluding hydrogens is 200 g/mol. The zero-order chi connectivity index (χ0) is 11.0. The first-order chi connectivity index (χ1) is 7.09. The van der Waals surface area contributed by atoms with Gasteiger partial charge in [0, 0.05) is 24.2 Å². The number of nitrogen functional groups attached to an aromatic ring is 1. The maximum absolute atomic E-state index is 13.4. The number of nitrogens with two attached hydrogens (primary N) is 1. The quantitative estimate of drug-likeness (QED) is 0.780. The molecule has 1 aromatic carbocycles. The fourth-order valence-corrected chi connectivity index (χ4v) is 1.36. The number of halogens is 2. The highest BCUT2D eigenvalue weighted by Gasteiger charge is 2.12. The van der Waals surface area contributed by atoms with Crippen molar-refractivity contribution in [3.05, 3.63) is 36.0 Å². The third kappa shape index (κ3) is 1.56. The molecule has 78 valence electrons. The van der Waals surface area contributed by atoms with E-state index in [1.807, 2.05) is 0 Å². The smallest absolute Gasteiger partial charge is 0.134 e. The van der Waals surface area contributed by atoms with Gasteiger partial charge in [0.25, 0.3) is 0 Å². The van der Waals surface area contributed by atoms with Crippen LogP contribution in [0.5, 0.6) is 0 Å². The first-order valence-corrected chi connectivity index (χ1v) is 4.32. The van der Waals surface area contributed by atoms with Crippen molar-refractivity contribution < 1.29 is 8.78 Å². The minimum absolute atomic E-state index is 0.252. The molecule has 3 nitrogen and oxygen atoms in total. The first-order valence-electron chi connectivity index (χ1n) is 4.32. The van der Waals surface area contributed by atoms with Gasteiger partial charge < -0.3 is 5.73 Å². The molecule has 1 aromatic heterocycles. The van der Waals surface area contributed by atoms with Crippen molar-refractivity contribution in [2.24, 2.45) is 7.05 Å². The van der Waals surface area contributed by atoms with Gasteiger partial charge in [-0.3, -0.25) is 4.68 Å². The van der Waals surface area contributed by atoms with Crippen LogP contribution in [-0.4, -0.2) is 9.78 Å². The third-order valence-electron chi connectivity index (χ3n) is 2.21. The van der Waals surface area contributed by atoms with Gasteiger partial charge in [0.15, 0.2) is 0 Å². The molecule has 0 amide bonds. The maximum atomic E-state index is 13.4. The molecule has 0 unspecified atom stereocenters. The van der Waals surface area contributed by atoms with Gasteiger partial charge in [0.05, 0.1) is 6.20 Å². The highest BCUT2D eigenvalue weighted by atomic mass is 19.1. The van der Waals surface area contributed by atoms with E-state index >= 15 is 0 Å². The molecule has 0 saturated heterocycles. The standard InChI is InChI=1S/C10H9F2N3/c1-15-10(13)8(5-14-15)7-3-2-6(11)4-9(7)12/h2-5H,13H2,1H3. The van der Waals surface area contributed by atoms with Gasteiger partial charge >= 0.3 is 0 Å². The van der Waals surface area contributed by atoms with E-state index in [9.17, 15) is 8.78 Å². The second-order valence-electron chi connectivity index (χ2n) is 3.19. The van der Waals surface area contributed by atoms with E-state index in [-0.39, 0.29) is 5.56 Å². The van der Waals surface area contributed by atoms with Crippen molar-refractivity contribution in [1.29, 1.82) is 0 Å². The lowest BCUT2D eigenvalue weighted by Crippen LogP contribution is -1.98. The van der Waals surface area contributed by atoms with Crippen molar-refractivity contribution in [1.82, 2.24) is 9.78 Å². The molecule has 0 radical (unpaired) electrons. The van der Waals surface area contributed by atoms with E-state index in [4.69, 9.17) is 5.73 Å². The molecule has 2 rings (SSSR count). The molecule has 2 aromatic rings. The zero-order valence-corrected chi connectivity index (χ0v) is 8.04. The summed E-state index contributed by atoms with van der Waals surface area (Å²) in [6.07, 6.45) is 1.45. The maximum Gasteiger partial charge on any atom is 0.134 e. The van der Waals surface area contributed by atoms with Crippen molar-refractivity contribution in [3.63, 3.8) is 0 Å². The lowest BCUT2D eigenvalue weighted by molar-refractivity contribution is 0.585. The molecule has 0 spiro atoms. The van der Waals surface area contributed by atoms with Crippen LogP contribution in [-0.2, 0) is 7.05 Å². The van der Waals surface area contributed by atoms with Gasteiger partial charge in [0.1, 0.15) is 17.5 Å². The van der Waals surface area contributed by atoms with Crippen LogP contribution in [0.25, 0.3) is 11.1 Å². The molecule has 0 aliphatic carbocycles. The molecule has 0 fully saturated rings. The van der Waals surface area contributed by atoms with Crippen LogP contribution >= 0.6 is 0 Å². The van der Waals surface area contributed by atoms with Crippen LogP contribution in [0.15, 0.2) is 24.4 Å². The van der Waals surface area contributed by atoms with Gasteiger partial charge in [-0.25, -0.2) is 8.78 Å². The summed E-state index contributed by atoms with van der Waals surface area (Å²) in [7, 11) is 1.65. The largest absolute Gasteiger partial charge is 0.383 e.